The van der Waals surface area contributed by atoms with Crippen molar-refractivity contribution >= 4 is 17.6 Å². The van der Waals surface area contributed by atoms with Crippen molar-refractivity contribution in [1.29, 1.82) is 0 Å². The summed E-state index contributed by atoms with van der Waals surface area (Å²) >= 11 is 0. The predicted molar refractivity (Wildman–Crippen MR) is 125 cm³/mol. The van der Waals surface area contributed by atoms with Gasteiger partial charge in [-0.25, -0.2) is 4.79 Å². The molecule has 0 N–H and O–H groups in total. The third-order valence-electron chi connectivity index (χ3n) is 6.89. The molecule has 0 radical (unpaired) electrons. The molecule has 0 spiro atoms. The summed E-state index contributed by atoms with van der Waals surface area (Å²) in [7, 11) is 3.45. The van der Waals surface area contributed by atoms with Crippen molar-refractivity contribution in [2.75, 3.05) is 58.3 Å². The topological polar surface area (TPSA) is 65.6 Å². The molecule has 33 heavy (non-hydrogen) atoms. The van der Waals surface area contributed by atoms with E-state index in [1.54, 1.807) is 19.1 Å². The molecule has 2 aromatic carbocycles. The number of likely N-dealkylation sites (N-methyl/N-ethyl adjacent to an activating group) is 1. The maximum atomic E-state index is 13.1. The molecule has 0 bridgehead atoms. The van der Waals surface area contributed by atoms with Gasteiger partial charge < -0.3 is 19.3 Å². The molecule has 3 aliphatic rings. The number of piperazine rings is 1. The highest BCUT2D eigenvalue weighted by Crippen LogP contribution is 2.42. The van der Waals surface area contributed by atoms with Crippen molar-refractivity contribution in [2.24, 2.45) is 0 Å². The Morgan fingerprint density at radius 2 is 1.70 bits per heavy atom. The minimum Gasteiger partial charge on any atom is -0.495 e. The van der Waals surface area contributed by atoms with Crippen LogP contribution in [0.5, 0.6) is 11.5 Å². The number of carbonyl (C=O) groups is 2. The average molecular weight is 451 g/mol. The third-order valence-corrected chi connectivity index (χ3v) is 6.89. The molecular weight excluding hydrogens is 420 g/mol. The number of fused-ring (bicyclic) bond motifs is 3. The van der Waals surface area contributed by atoms with Gasteiger partial charge in [-0.3, -0.25) is 14.6 Å². The van der Waals surface area contributed by atoms with Crippen LogP contribution < -0.4 is 14.4 Å². The third kappa shape index (κ3) is 3.88. The van der Waals surface area contributed by atoms with Crippen molar-refractivity contribution in [3.63, 3.8) is 0 Å². The first-order valence-corrected chi connectivity index (χ1v) is 11.5. The summed E-state index contributed by atoms with van der Waals surface area (Å²) in [6.07, 6.45) is 0.0825. The lowest BCUT2D eigenvalue weighted by molar-refractivity contribution is -0.141. The number of methoxy groups -OCH3 is 1. The summed E-state index contributed by atoms with van der Waals surface area (Å²) in [6, 6.07) is 15.1. The number of rotatable bonds is 6. The summed E-state index contributed by atoms with van der Waals surface area (Å²) in [6.45, 7) is 4.94. The van der Waals surface area contributed by atoms with E-state index in [0.29, 0.717) is 12.3 Å². The molecule has 2 aromatic rings. The maximum Gasteiger partial charge on any atom is 0.327 e. The van der Waals surface area contributed by atoms with E-state index in [1.165, 1.54) is 4.90 Å². The van der Waals surface area contributed by atoms with Gasteiger partial charge in [-0.1, -0.05) is 30.3 Å². The van der Waals surface area contributed by atoms with Crippen LogP contribution >= 0.6 is 0 Å². The Hall–Kier alpha value is -3.26. The van der Waals surface area contributed by atoms with E-state index in [1.807, 2.05) is 42.5 Å². The zero-order chi connectivity index (χ0) is 22.9. The van der Waals surface area contributed by atoms with E-state index in [-0.39, 0.29) is 18.0 Å². The Labute approximate surface area is 194 Å². The Morgan fingerprint density at radius 1 is 0.970 bits per heavy atom. The molecule has 8 heteroatoms. The van der Waals surface area contributed by atoms with E-state index in [9.17, 15) is 9.59 Å². The van der Waals surface area contributed by atoms with Crippen molar-refractivity contribution in [3.8, 4) is 11.5 Å². The van der Waals surface area contributed by atoms with Gasteiger partial charge in [-0.15, -0.1) is 0 Å². The molecule has 0 aliphatic carbocycles. The molecule has 3 aliphatic heterocycles. The van der Waals surface area contributed by atoms with Crippen molar-refractivity contribution < 1.29 is 19.1 Å². The first kappa shape index (κ1) is 21.6. The van der Waals surface area contributed by atoms with Crippen LogP contribution in [0.2, 0.25) is 0 Å². The van der Waals surface area contributed by atoms with Gasteiger partial charge in [0.1, 0.15) is 17.5 Å². The number of anilines is 1. The standard InChI is InChI=1S/C25H30N4O4/c1-26-22-18-8-3-5-10-20(18)33-23(22)24(30)29(25(26)31)13-7-12-27-14-16-28(17-15-27)19-9-4-6-11-21(19)32-2/h3-6,8-11,22-23H,7,12-17H2,1-2H3. The second-order valence-electron chi connectivity index (χ2n) is 8.76. The second kappa shape index (κ2) is 8.94. The SMILES string of the molecule is COc1ccccc1N1CCN(CCCN2C(=O)C3Oc4ccccc4C3N(C)C2=O)CC1. The van der Waals surface area contributed by atoms with Gasteiger partial charge in [0.25, 0.3) is 5.91 Å². The van der Waals surface area contributed by atoms with Crippen LogP contribution in [0.15, 0.2) is 48.5 Å². The highest BCUT2D eigenvalue weighted by Gasteiger charge is 2.51. The monoisotopic (exact) mass is 450 g/mol. The minimum atomic E-state index is -0.658. The number of nitrogens with zero attached hydrogens (tertiary/aromatic N) is 4. The molecule has 0 aromatic heterocycles. The van der Waals surface area contributed by atoms with Crippen LogP contribution in [0.4, 0.5) is 10.5 Å². The molecule has 2 fully saturated rings. The fourth-order valence-corrected chi connectivity index (χ4v) is 5.11. The smallest absolute Gasteiger partial charge is 0.327 e. The molecule has 0 saturated carbocycles. The minimum absolute atomic E-state index is 0.236. The van der Waals surface area contributed by atoms with E-state index < -0.39 is 6.10 Å². The molecule has 174 valence electrons. The first-order valence-electron chi connectivity index (χ1n) is 11.5. The second-order valence-corrected chi connectivity index (χ2v) is 8.76. The molecule has 3 amide bonds. The number of para-hydroxylation sites is 3. The normalized spacial score (nSPS) is 22.8. The lowest BCUT2D eigenvalue weighted by Crippen LogP contribution is -2.59. The van der Waals surface area contributed by atoms with Crippen LogP contribution in [0, 0.1) is 0 Å². The molecule has 3 heterocycles. The van der Waals surface area contributed by atoms with E-state index in [0.717, 1.165) is 56.1 Å². The quantitative estimate of drug-likeness (QED) is 0.674. The number of hydrogen-bond donors (Lipinski definition) is 0. The fraction of sp³-hybridized carbons (Fsp3) is 0.440. The van der Waals surface area contributed by atoms with Gasteiger partial charge in [-0.05, 0) is 31.2 Å². The number of hydrogen-bond acceptors (Lipinski definition) is 6. The van der Waals surface area contributed by atoms with E-state index in [4.69, 9.17) is 9.47 Å². The van der Waals surface area contributed by atoms with Crippen molar-refractivity contribution in [2.45, 2.75) is 18.6 Å². The van der Waals surface area contributed by atoms with Gasteiger partial charge >= 0.3 is 6.03 Å². The number of urea groups is 1. The average Bonchev–Trinajstić information content (AvgIpc) is 3.25. The maximum absolute atomic E-state index is 13.1. The Balaban J connectivity index is 1.15. The van der Waals surface area contributed by atoms with Crippen LogP contribution in [0.3, 0.4) is 0 Å². The molecule has 8 nitrogen and oxygen atoms in total. The first-order chi connectivity index (χ1) is 16.1. The van der Waals surface area contributed by atoms with Gasteiger partial charge in [0, 0.05) is 45.3 Å². The summed E-state index contributed by atoms with van der Waals surface area (Å²) in [5, 5.41) is 0. The van der Waals surface area contributed by atoms with Crippen LogP contribution in [-0.2, 0) is 4.79 Å². The van der Waals surface area contributed by atoms with E-state index in [2.05, 4.69) is 15.9 Å². The molecule has 2 atom stereocenters. The lowest BCUT2D eigenvalue weighted by atomic mass is 9.99. The van der Waals surface area contributed by atoms with Gasteiger partial charge in [-0.2, -0.15) is 0 Å². The number of amides is 3. The molecular formula is C25H30N4O4. The molecule has 5 rings (SSSR count). The predicted octanol–water partition coefficient (Wildman–Crippen LogP) is 2.60. The van der Waals surface area contributed by atoms with Gasteiger partial charge in [0.05, 0.1) is 12.8 Å². The van der Waals surface area contributed by atoms with Gasteiger partial charge in [0.15, 0.2) is 0 Å². The Kier molecular flexibility index (Phi) is 5.85. The van der Waals surface area contributed by atoms with Gasteiger partial charge in [0.2, 0.25) is 6.10 Å². The Bertz CT molecular complexity index is 1040. The summed E-state index contributed by atoms with van der Waals surface area (Å²) < 4.78 is 11.4. The van der Waals surface area contributed by atoms with Crippen molar-refractivity contribution in [1.82, 2.24) is 14.7 Å². The Morgan fingerprint density at radius 3 is 2.48 bits per heavy atom. The van der Waals surface area contributed by atoms with Crippen LogP contribution in [0.25, 0.3) is 0 Å². The highest BCUT2D eigenvalue weighted by atomic mass is 16.5. The van der Waals surface area contributed by atoms with Crippen LogP contribution in [-0.4, -0.2) is 86.2 Å². The zero-order valence-corrected chi connectivity index (χ0v) is 19.1. The number of carbonyl (C=O) groups excluding carboxylic acids is 2. The zero-order valence-electron chi connectivity index (χ0n) is 19.1. The van der Waals surface area contributed by atoms with Crippen LogP contribution in [0.1, 0.15) is 18.0 Å². The number of imide groups is 1. The molecule has 2 saturated heterocycles. The summed E-state index contributed by atoms with van der Waals surface area (Å²) in [5.74, 6) is 1.35. The number of ether oxygens (including phenoxy) is 2. The summed E-state index contributed by atoms with van der Waals surface area (Å²) in [4.78, 5) is 33.8. The molecule has 2 unspecified atom stereocenters. The lowest BCUT2D eigenvalue weighted by Gasteiger charge is -2.39. The largest absolute Gasteiger partial charge is 0.495 e. The van der Waals surface area contributed by atoms with E-state index >= 15 is 0 Å². The highest BCUT2D eigenvalue weighted by molar-refractivity contribution is 6.00. The fourth-order valence-electron chi connectivity index (χ4n) is 5.11. The number of benzene rings is 2. The van der Waals surface area contributed by atoms with Crippen molar-refractivity contribution in [3.05, 3.63) is 54.1 Å². The summed E-state index contributed by atoms with van der Waals surface area (Å²) in [5.41, 5.74) is 2.03.